The van der Waals surface area contributed by atoms with Gasteiger partial charge >= 0.3 is 6.01 Å². The lowest BCUT2D eigenvalue weighted by atomic mass is 9.93. The second-order valence-corrected chi connectivity index (χ2v) is 4.70. The fourth-order valence-corrected chi connectivity index (χ4v) is 2.91. The summed E-state index contributed by atoms with van der Waals surface area (Å²) >= 11 is 0. The number of fused-ring (bicyclic) bond motifs is 2. The van der Waals surface area contributed by atoms with Crippen LogP contribution in [0.4, 0.5) is 0 Å². The fraction of sp³-hybridized carbons (Fsp3) is 0.583. The van der Waals surface area contributed by atoms with Crippen molar-refractivity contribution in [3.8, 4) is 0 Å². The van der Waals surface area contributed by atoms with Crippen LogP contribution in [0.2, 0.25) is 0 Å². The molecule has 0 spiro atoms. The molecule has 3 aliphatic rings. The Morgan fingerprint density at radius 3 is 2.79 bits per heavy atom. The average molecular weight is 188 g/mol. The van der Waals surface area contributed by atoms with E-state index in [1.807, 2.05) is 11.6 Å². The molecule has 3 atom stereocenters. The summed E-state index contributed by atoms with van der Waals surface area (Å²) in [4.78, 5) is 0. The molecule has 0 N–H and O–H groups in total. The van der Waals surface area contributed by atoms with E-state index in [-0.39, 0.29) is 0 Å². The number of hydrogen-bond donors (Lipinski definition) is 0. The van der Waals surface area contributed by atoms with Crippen LogP contribution in [0.1, 0.15) is 12.8 Å². The van der Waals surface area contributed by atoms with Crippen LogP contribution in [0.3, 0.4) is 0 Å². The Hall–Kier alpha value is -1.14. The SMILES string of the molecule is C[N+]1=C=[N+](CC2CC3C=CC2C3)C=C1. The predicted molar refractivity (Wildman–Crippen MR) is 54.3 cm³/mol. The van der Waals surface area contributed by atoms with E-state index in [2.05, 4.69) is 35.1 Å². The van der Waals surface area contributed by atoms with Crippen molar-refractivity contribution in [1.29, 1.82) is 0 Å². The zero-order valence-corrected chi connectivity index (χ0v) is 8.56. The zero-order chi connectivity index (χ0) is 9.54. The minimum atomic E-state index is 0.848. The topological polar surface area (TPSA) is 6.02 Å². The first-order chi connectivity index (χ1) is 6.81. The molecule has 0 aromatic carbocycles. The lowest BCUT2D eigenvalue weighted by Gasteiger charge is -2.12. The molecule has 1 aliphatic heterocycles. The third-order valence-electron chi connectivity index (χ3n) is 3.60. The average Bonchev–Trinajstić information content (AvgIpc) is 2.82. The monoisotopic (exact) mass is 188 g/mol. The number of nitrogens with zero attached hydrogens (tertiary/aromatic N) is 2. The van der Waals surface area contributed by atoms with Gasteiger partial charge in [-0.1, -0.05) is 21.3 Å². The Bertz CT molecular complexity index is 383. The molecular weight excluding hydrogens is 172 g/mol. The van der Waals surface area contributed by atoms with Crippen molar-refractivity contribution in [3.05, 3.63) is 24.6 Å². The van der Waals surface area contributed by atoms with Gasteiger partial charge in [0.05, 0.1) is 0 Å². The van der Waals surface area contributed by atoms with Gasteiger partial charge in [0.1, 0.15) is 0 Å². The van der Waals surface area contributed by atoms with Crippen molar-refractivity contribution in [2.45, 2.75) is 12.8 Å². The highest BCUT2D eigenvalue weighted by atomic mass is 15.1. The summed E-state index contributed by atoms with van der Waals surface area (Å²) in [5, 5.41) is 0. The van der Waals surface area contributed by atoms with Gasteiger partial charge in [0, 0.05) is 5.92 Å². The molecule has 72 valence electrons. The van der Waals surface area contributed by atoms with Crippen LogP contribution in [0.5, 0.6) is 0 Å². The van der Waals surface area contributed by atoms with Crippen molar-refractivity contribution < 1.29 is 9.15 Å². The highest BCUT2D eigenvalue weighted by molar-refractivity contribution is 5.29. The van der Waals surface area contributed by atoms with Crippen LogP contribution in [0, 0.1) is 17.8 Å². The summed E-state index contributed by atoms with van der Waals surface area (Å²) in [5.41, 5.74) is 0. The molecule has 0 radical (unpaired) electrons. The van der Waals surface area contributed by atoms with Gasteiger partial charge in [-0.25, -0.2) is 0 Å². The lowest BCUT2D eigenvalue weighted by molar-refractivity contribution is -0.477. The largest absolute Gasteiger partial charge is 0.488 e. The maximum absolute atomic E-state index is 3.27. The standard InChI is InChI=1S/C12H16N2/c1-13-4-5-14(9-13)8-12-7-10-2-3-11(12)6-10/h2-5,10-12H,6-8H2,1H3/q+2. The summed E-state index contributed by atoms with van der Waals surface area (Å²) < 4.78 is 4.18. The summed E-state index contributed by atoms with van der Waals surface area (Å²) in [6, 6.07) is 3.27. The third kappa shape index (κ3) is 1.27. The smallest absolute Gasteiger partial charge is 0.0972 e. The van der Waals surface area contributed by atoms with Gasteiger partial charge in [-0.2, -0.15) is 0 Å². The summed E-state index contributed by atoms with van der Waals surface area (Å²) in [6.07, 6.45) is 11.8. The van der Waals surface area contributed by atoms with E-state index in [9.17, 15) is 0 Å². The van der Waals surface area contributed by atoms with Crippen molar-refractivity contribution in [2.24, 2.45) is 17.8 Å². The molecule has 2 bridgehead atoms. The molecule has 0 saturated heterocycles. The maximum Gasteiger partial charge on any atom is 0.488 e. The first-order valence-corrected chi connectivity index (χ1v) is 5.43. The molecule has 2 heteroatoms. The minimum absolute atomic E-state index is 0.848. The van der Waals surface area contributed by atoms with E-state index in [0.29, 0.717) is 0 Å². The molecule has 1 heterocycles. The van der Waals surface area contributed by atoms with Gasteiger partial charge < -0.3 is 0 Å². The first-order valence-electron chi connectivity index (χ1n) is 5.43. The van der Waals surface area contributed by atoms with E-state index in [4.69, 9.17) is 0 Å². The normalized spacial score (nSPS) is 37.9. The first kappa shape index (κ1) is 8.19. The molecule has 0 aromatic rings. The molecule has 0 amide bonds. The molecule has 1 saturated carbocycles. The lowest BCUT2D eigenvalue weighted by Crippen LogP contribution is -2.19. The van der Waals surface area contributed by atoms with Crippen LogP contribution < -0.4 is 0 Å². The van der Waals surface area contributed by atoms with E-state index in [1.165, 1.54) is 12.8 Å². The van der Waals surface area contributed by atoms with Gasteiger partial charge in [-0.05, 0) is 24.7 Å². The van der Waals surface area contributed by atoms with Gasteiger partial charge in [-0.15, -0.1) is 0 Å². The third-order valence-corrected chi connectivity index (χ3v) is 3.60. The Labute approximate surface area is 84.6 Å². The van der Waals surface area contributed by atoms with Crippen molar-refractivity contribution >= 4 is 6.01 Å². The molecule has 1 fully saturated rings. The van der Waals surface area contributed by atoms with Crippen LogP contribution in [0.25, 0.3) is 0 Å². The Balaban J connectivity index is 1.73. The van der Waals surface area contributed by atoms with Gasteiger partial charge in [0.15, 0.2) is 13.6 Å². The highest BCUT2D eigenvalue weighted by Crippen LogP contribution is 2.43. The van der Waals surface area contributed by atoms with E-state index < -0.39 is 0 Å². The molecule has 0 aromatic heterocycles. The molecule has 3 rings (SSSR count). The maximum atomic E-state index is 3.27. The van der Waals surface area contributed by atoms with Gasteiger partial charge in [0.2, 0.25) is 12.4 Å². The van der Waals surface area contributed by atoms with Crippen molar-refractivity contribution in [3.63, 3.8) is 0 Å². The molecule has 2 nitrogen and oxygen atoms in total. The molecule has 3 unspecified atom stereocenters. The molecular formula is C12H16N2+2. The van der Waals surface area contributed by atoms with Gasteiger partial charge in [0.25, 0.3) is 0 Å². The Morgan fingerprint density at radius 1 is 1.29 bits per heavy atom. The summed E-state index contributed by atoms with van der Waals surface area (Å²) in [5.74, 6) is 2.59. The van der Waals surface area contributed by atoms with Crippen molar-refractivity contribution in [2.75, 3.05) is 13.6 Å². The highest BCUT2D eigenvalue weighted by Gasteiger charge is 2.38. The van der Waals surface area contributed by atoms with E-state index in [1.54, 1.807) is 0 Å². The second kappa shape index (κ2) is 2.93. The van der Waals surface area contributed by atoms with Crippen LogP contribution >= 0.6 is 0 Å². The molecule has 2 aliphatic carbocycles. The van der Waals surface area contributed by atoms with Gasteiger partial charge in [-0.3, -0.25) is 0 Å². The summed E-state index contributed by atoms with van der Waals surface area (Å²) in [7, 11) is 2.03. The number of rotatable bonds is 2. The minimum Gasteiger partial charge on any atom is -0.0972 e. The second-order valence-electron chi connectivity index (χ2n) is 4.70. The van der Waals surface area contributed by atoms with Crippen LogP contribution in [-0.4, -0.2) is 28.8 Å². The van der Waals surface area contributed by atoms with E-state index in [0.717, 1.165) is 24.3 Å². The molecule has 14 heavy (non-hydrogen) atoms. The zero-order valence-electron chi connectivity index (χ0n) is 8.56. The fourth-order valence-electron chi connectivity index (χ4n) is 2.91. The number of allylic oxidation sites excluding steroid dienone is 2. The summed E-state index contributed by atoms with van der Waals surface area (Å²) in [6.45, 7) is 1.15. The quantitative estimate of drug-likeness (QED) is 0.458. The Kier molecular flexibility index (Phi) is 1.71. The van der Waals surface area contributed by atoms with E-state index >= 15 is 0 Å². The van der Waals surface area contributed by atoms with Crippen LogP contribution in [-0.2, 0) is 0 Å². The number of hydrogen-bond acceptors (Lipinski definition) is 0. The Morgan fingerprint density at radius 2 is 2.21 bits per heavy atom. The predicted octanol–water partition coefficient (Wildman–Crippen LogP) is 1.51. The van der Waals surface area contributed by atoms with Crippen LogP contribution in [0.15, 0.2) is 24.6 Å². The van der Waals surface area contributed by atoms with Crippen molar-refractivity contribution in [1.82, 2.24) is 0 Å².